The summed E-state index contributed by atoms with van der Waals surface area (Å²) in [6, 6.07) is 20.1. The van der Waals surface area contributed by atoms with Gasteiger partial charge in [-0.05, 0) is 24.0 Å². The molecule has 0 saturated carbocycles. The number of carbonyl (C=O) groups excluding carboxylic acids is 1. The summed E-state index contributed by atoms with van der Waals surface area (Å²) in [5.74, 6) is -1.17. The lowest BCUT2D eigenvalue weighted by Crippen LogP contribution is -2.37. The van der Waals surface area contributed by atoms with Crippen molar-refractivity contribution in [1.29, 1.82) is 0 Å². The van der Waals surface area contributed by atoms with Crippen LogP contribution >= 0.6 is 0 Å². The Bertz CT molecular complexity index is 795. The van der Waals surface area contributed by atoms with E-state index in [9.17, 15) is 4.79 Å². The molecule has 2 aliphatic heterocycles. The lowest BCUT2D eigenvalue weighted by atomic mass is 9.82. The minimum Gasteiger partial charge on any atom is -0.425 e. The molecule has 3 heteroatoms. The highest BCUT2D eigenvalue weighted by Gasteiger charge is 2.56. The predicted octanol–water partition coefficient (Wildman–Crippen LogP) is 4.70. The van der Waals surface area contributed by atoms with Gasteiger partial charge in [-0.1, -0.05) is 74.0 Å². The summed E-state index contributed by atoms with van der Waals surface area (Å²) in [6.07, 6.45) is 2.58. The first kappa shape index (κ1) is 16.1. The Kier molecular flexibility index (Phi) is 4.18. The predicted molar refractivity (Wildman–Crippen MR) is 96.8 cm³/mol. The molecule has 0 unspecified atom stereocenters. The molecule has 25 heavy (non-hydrogen) atoms. The van der Waals surface area contributed by atoms with Crippen LogP contribution in [0.4, 0.5) is 0 Å². The van der Waals surface area contributed by atoms with Crippen molar-refractivity contribution in [2.24, 2.45) is 0 Å². The topological polar surface area (TPSA) is 35.5 Å². The molecule has 0 bridgehead atoms. The zero-order valence-corrected chi connectivity index (χ0v) is 14.4. The van der Waals surface area contributed by atoms with Gasteiger partial charge in [-0.25, -0.2) is 4.79 Å². The van der Waals surface area contributed by atoms with E-state index in [1.807, 2.05) is 48.5 Å². The Morgan fingerprint density at radius 3 is 2.40 bits per heavy atom. The molecule has 3 nitrogen and oxygen atoms in total. The number of esters is 1. The van der Waals surface area contributed by atoms with Gasteiger partial charge in [0.05, 0.1) is 18.1 Å². The van der Waals surface area contributed by atoms with Crippen LogP contribution in [-0.4, -0.2) is 18.4 Å². The third-order valence-corrected chi connectivity index (χ3v) is 5.12. The van der Waals surface area contributed by atoms with Crippen molar-refractivity contribution in [3.63, 3.8) is 0 Å². The smallest absolute Gasteiger partial charge is 0.341 e. The Labute approximate surface area is 148 Å². The first-order chi connectivity index (χ1) is 12.3. The van der Waals surface area contributed by atoms with E-state index in [1.54, 1.807) is 0 Å². The lowest BCUT2D eigenvalue weighted by Gasteiger charge is -2.31. The van der Waals surface area contributed by atoms with Gasteiger partial charge in [0.25, 0.3) is 0 Å². The van der Waals surface area contributed by atoms with E-state index in [2.05, 4.69) is 19.1 Å². The summed E-state index contributed by atoms with van der Waals surface area (Å²) in [4.78, 5) is 12.8. The highest BCUT2D eigenvalue weighted by molar-refractivity contribution is 6.20. The molecule has 0 aromatic heterocycles. The number of benzene rings is 2. The molecule has 1 saturated heterocycles. The van der Waals surface area contributed by atoms with Crippen LogP contribution in [-0.2, 0) is 14.3 Å². The molecule has 128 valence electrons. The van der Waals surface area contributed by atoms with Gasteiger partial charge in [-0.2, -0.15) is 0 Å². The highest BCUT2D eigenvalue weighted by atomic mass is 16.7. The SMILES string of the molecule is CCCC1=C(c2ccccc2)C(=O)O[C@]12OCC[C@H]2c1ccccc1. The Morgan fingerprint density at radius 2 is 1.72 bits per heavy atom. The highest BCUT2D eigenvalue weighted by Crippen LogP contribution is 2.53. The molecule has 0 amide bonds. The van der Waals surface area contributed by atoms with Crippen molar-refractivity contribution in [3.8, 4) is 0 Å². The fourth-order valence-corrected chi connectivity index (χ4v) is 4.08. The molecule has 2 aromatic carbocycles. The van der Waals surface area contributed by atoms with Gasteiger partial charge >= 0.3 is 5.97 Å². The maximum Gasteiger partial charge on any atom is 0.341 e. The molecule has 0 N–H and O–H groups in total. The molecule has 2 aromatic rings. The van der Waals surface area contributed by atoms with Crippen LogP contribution in [0.1, 0.15) is 43.2 Å². The van der Waals surface area contributed by atoms with Crippen LogP contribution in [0.15, 0.2) is 66.2 Å². The zero-order chi connectivity index (χ0) is 17.3. The molecule has 4 rings (SSSR count). The maximum atomic E-state index is 12.8. The van der Waals surface area contributed by atoms with Gasteiger partial charge < -0.3 is 9.47 Å². The Morgan fingerprint density at radius 1 is 1.04 bits per heavy atom. The average molecular weight is 334 g/mol. The number of carbonyl (C=O) groups is 1. The second-order valence-electron chi connectivity index (χ2n) is 6.63. The summed E-state index contributed by atoms with van der Waals surface area (Å²) < 4.78 is 12.1. The van der Waals surface area contributed by atoms with Crippen LogP contribution in [0.5, 0.6) is 0 Å². The molecule has 0 radical (unpaired) electrons. The van der Waals surface area contributed by atoms with Gasteiger partial charge in [-0.3, -0.25) is 0 Å². The zero-order valence-electron chi connectivity index (χ0n) is 14.4. The van der Waals surface area contributed by atoms with E-state index >= 15 is 0 Å². The van der Waals surface area contributed by atoms with Crippen molar-refractivity contribution in [2.45, 2.75) is 37.9 Å². The van der Waals surface area contributed by atoms with Crippen LogP contribution < -0.4 is 0 Å². The summed E-state index contributed by atoms with van der Waals surface area (Å²) in [7, 11) is 0. The van der Waals surface area contributed by atoms with E-state index in [1.165, 1.54) is 0 Å². The fourth-order valence-electron chi connectivity index (χ4n) is 4.08. The molecular weight excluding hydrogens is 312 g/mol. The number of hydrogen-bond acceptors (Lipinski definition) is 3. The van der Waals surface area contributed by atoms with Crippen LogP contribution in [0.3, 0.4) is 0 Å². The summed E-state index contributed by atoms with van der Waals surface area (Å²) >= 11 is 0. The molecule has 2 aliphatic rings. The van der Waals surface area contributed by atoms with Gasteiger partial charge in [-0.15, -0.1) is 0 Å². The molecular formula is C22H22O3. The summed E-state index contributed by atoms with van der Waals surface area (Å²) in [6.45, 7) is 2.72. The Balaban J connectivity index is 1.86. The summed E-state index contributed by atoms with van der Waals surface area (Å²) in [5, 5.41) is 0. The second-order valence-corrected chi connectivity index (χ2v) is 6.63. The van der Waals surface area contributed by atoms with E-state index in [4.69, 9.17) is 9.47 Å². The van der Waals surface area contributed by atoms with Crippen LogP contribution in [0.25, 0.3) is 5.57 Å². The number of ether oxygens (including phenoxy) is 2. The third-order valence-electron chi connectivity index (χ3n) is 5.12. The lowest BCUT2D eigenvalue weighted by molar-refractivity contribution is -0.189. The van der Waals surface area contributed by atoms with E-state index < -0.39 is 5.79 Å². The molecule has 1 spiro atoms. The van der Waals surface area contributed by atoms with Gasteiger partial charge in [0.15, 0.2) is 0 Å². The second kappa shape index (κ2) is 6.49. The van der Waals surface area contributed by atoms with Crippen molar-refractivity contribution in [1.82, 2.24) is 0 Å². The molecule has 2 atom stereocenters. The molecule has 1 fully saturated rings. The van der Waals surface area contributed by atoms with Crippen molar-refractivity contribution in [2.75, 3.05) is 6.61 Å². The first-order valence-corrected chi connectivity index (χ1v) is 8.97. The summed E-state index contributed by atoms with van der Waals surface area (Å²) in [5.41, 5.74) is 3.76. The van der Waals surface area contributed by atoms with Crippen molar-refractivity contribution < 1.29 is 14.3 Å². The van der Waals surface area contributed by atoms with Crippen LogP contribution in [0, 0.1) is 0 Å². The molecule has 2 heterocycles. The average Bonchev–Trinajstić information content (AvgIpc) is 3.18. The van der Waals surface area contributed by atoms with Crippen LogP contribution in [0.2, 0.25) is 0 Å². The monoisotopic (exact) mass is 334 g/mol. The van der Waals surface area contributed by atoms with E-state index in [-0.39, 0.29) is 11.9 Å². The van der Waals surface area contributed by atoms with E-state index in [0.29, 0.717) is 12.2 Å². The van der Waals surface area contributed by atoms with Crippen molar-refractivity contribution >= 4 is 11.5 Å². The van der Waals surface area contributed by atoms with Gasteiger partial charge in [0, 0.05) is 5.57 Å². The molecule has 0 aliphatic carbocycles. The number of rotatable bonds is 4. The quantitative estimate of drug-likeness (QED) is 0.761. The minimum atomic E-state index is -0.945. The fraction of sp³-hybridized carbons (Fsp3) is 0.318. The van der Waals surface area contributed by atoms with Gasteiger partial charge in [0.1, 0.15) is 0 Å². The third kappa shape index (κ3) is 2.59. The van der Waals surface area contributed by atoms with Crippen molar-refractivity contribution in [3.05, 3.63) is 77.4 Å². The largest absolute Gasteiger partial charge is 0.425 e. The normalized spacial score (nSPS) is 25.6. The standard InChI is InChI=1S/C22H22O3/c1-2-9-19-20(17-12-7-4-8-13-17)21(23)25-22(19)18(14-15-24-22)16-10-5-3-6-11-16/h3-8,10-13,18H,2,9,14-15H2,1H3/t18-,22-/m0/s1. The van der Waals surface area contributed by atoms with Gasteiger partial charge in [0.2, 0.25) is 5.79 Å². The number of hydrogen-bond donors (Lipinski definition) is 0. The Hall–Kier alpha value is -2.39. The van der Waals surface area contributed by atoms with E-state index in [0.717, 1.165) is 36.0 Å². The minimum absolute atomic E-state index is 0.0420. The maximum absolute atomic E-state index is 12.8. The first-order valence-electron chi connectivity index (χ1n) is 8.97.